The number of hydrogen-bond acceptors (Lipinski definition) is 1. The molecule has 0 aliphatic rings. The van der Waals surface area contributed by atoms with Crippen LogP contribution >= 0.6 is 0 Å². The van der Waals surface area contributed by atoms with Gasteiger partial charge in [-0.2, -0.15) is 0 Å². The highest BCUT2D eigenvalue weighted by Gasteiger charge is 1.83. The maximum Gasteiger partial charge on any atom is 0.0518 e. The molecule has 0 amide bonds. The van der Waals surface area contributed by atoms with Gasteiger partial charge in [-0.15, -0.1) is 13.2 Å². The van der Waals surface area contributed by atoms with Crippen molar-refractivity contribution in [1.29, 1.82) is 0 Å². The normalized spacial score (nSPS) is 8.00. The van der Waals surface area contributed by atoms with Gasteiger partial charge < -0.3 is 4.74 Å². The summed E-state index contributed by atoms with van der Waals surface area (Å²) < 4.78 is 5.04. The minimum absolute atomic E-state index is 0.398. The van der Waals surface area contributed by atoms with Crippen LogP contribution in [0.1, 0.15) is 20.8 Å². The van der Waals surface area contributed by atoms with E-state index in [2.05, 4.69) is 13.2 Å². The van der Waals surface area contributed by atoms with E-state index >= 15 is 0 Å². The highest BCUT2D eigenvalue weighted by Crippen LogP contribution is 1.83. The standard InChI is InChI=1S/C5H12O.C2H4/c1-4-6-5(2)3;1-2/h5H,4H2,1-3H3;1-2H2. The van der Waals surface area contributed by atoms with Crippen LogP contribution < -0.4 is 0 Å². The highest BCUT2D eigenvalue weighted by molar-refractivity contribution is 4.30. The van der Waals surface area contributed by atoms with Crippen LogP contribution in [0.5, 0.6) is 0 Å². The quantitative estimate of drug-likeness (QED) is 0.503. The Kier molecular flexibility index (Phi) is 13.1. The second kappa shape index (κ2) is 9.85. The van der Waals surface area contributed by atoms with Crippen molar-refractivity contribution in [2.24, 2.45) is 0 Å². The second-order valence-electron chi connectivity index (χ2n) is 1.50. The topological polar surface area (TPSA) is 9.23 Å². The summed E-state index contributed by atoms with van der Waals surface area (Å²) in [5.74, 6) is 0. The van der Waals surface area contributed by atoms with E-state index in [-0.39, 0.29) is 0 Å². The summed E-state index contributed by atoms with van der Waals surface area (Å²) in [6, 6.07) is 0. The molecule has 0 rings (SSSR count). The highest BCUT2D eigenvalue weighted by atomic mass is 16.5. The fourth-order valence-corrected chi connectivity index (χ4v) is 0.333. The van der Waals surface area contributed by atoms with Gasteiger partial charge in [-0.1, -0.05) is 0 Å². The molecule has 0 aromatic heterocycles. The maximum atomic E-state index is 5.04. The third kappa shape index (κ3) is 17.3. The zero-order chi connectivity index (χ0) is 6.99. The first-order valence-electron chi connectivity index (χ1n) is 2.89. The Morgan fingerprint density at radius 1 is 1.38 bits per heavy atom. The van der Waals surface area contributed by atoms with Crippen molar-refractivity contribution >= 4 is 0 Å². The third-order valence-electron chi connectivity index (χ3n) is 0.500. The Balaban J connectivity index is 0. The second-order valence-corrected chi connectivity index (χ2v) is 1.50. The lowest BCUT2D eigenvalue weighted by atomic mass is 10.5. The molecule has 0 unspecified atom stereocenters. The average Bonchev–Trinajstić information content (AvgIpc) is 1.72. The molecule has 0 bridgehead atoms. The van der Waals surface area contributed by atoms with E-state index in [1.54, 1.807) is 0 Å². The molecule has 1 heteroatoms. The van der Waals surface area contributed by atoms with Gasteiger partial charge in [0.05, 0.1) is 6.10 Å². The van der Waals surface area contributed by atoms with E-state index in [0.717, 1.165) is 6.61 Å². The van der Waals surface area contributed by atoms with Gasteiger partial charge in [-0.25, -0.2) is 0 Å². The summed E-state index contributed by atoms with van der Waals surface area (Å²) >= 11 is 0. The molecule has 0 atom stereocenters. The Morgan fingerprint density at radius 2 is 1.75 bits per heavy atom. The van der Waals surface area contributed by atoms with Crippen LogP contribution in [0, 0.1) is 0 Å². The molecule has 0 aromatic rings. The van der Waals surface area contributed by atoms with Crippen LogP contribution in [0.4, 0.5) is 0 Å². The van der Waals surface area contributed by atoms with Crippen LogP contribution in [0.15, 0.2) is 13.2 Å². The molecule has 0 aliphatic heterocycles. The average molecular weight is 116 g/mol. The third-order valence-corrected chi connectivity index (χ3v) is 0.500. The van der Waals surface area contributed by atoms with E-state index in [1.165, 1.54) is 0 Å². The van der Waals surface area contributed by atoms with Gasteiger partial charge in [-0.05, 0) is 20.8 Å². The van der Waals surface area contributed by atoms with Gasteiger partial charge in [0, 0.05) is 6.61 Å². The summed E-state index contributed by atoms with van der Waals surface area (Å²) in [7, 11) is 0. The first-order chi connectivity index (χ1) is 3.77. The molecular formula is C7H16O. The van der Waals surface area contributed by atoms with E-state index in [0.29, 0.717) is 6.10 Å². The van der Waals surface area contributed by atoms with Gasteiger partial charge in [0.25, 0.3) is 0 Å². The van der Waals surface area contributed by atoms with Gasteiger partial charge in [-0.3, -0.25) is 0 Å². The number of hydrogen-bond donors (Lipinski definition) is 0. The van der Waals surface area contributed by atoms with E-state index in [4.69, 9.17) is 4.74 Å². The van der Waals surface area contributed by atoms with Crippen molar-refractivity contribution in [1.82, 2.24) is 0 Å². The minimum atomic E-state index is 0.398. The summed E-state index contributed by atoms with van der Waals surface area (Å²) in [6.07, 6.45) is 0.398. The molecular weight excluding hydrogens is 100 g/mol. The van der Waals surface area contributed by atoms with Crippen molar-refractivity contribution in [2.75, 3.05) is 6.61 Å². The van der Waals surface area contributed by atoms with Gasteiger partial charge in [0.2, 0.25) is 0 Å². The van der Waals surface area contributed by atoms with Crippen molar-refractivity contribution in [3.63, 3.8) is 0 Å². The van der Waals surface area contributed by atoms with Crippen molar-refractivity contribution in [3.8, 4) is 0 Å². The molecule has 8 heavy (non-hydrogen) atoms. The molecule has 1 nitrogen and oxygen atoms in total. The van der Waals surface area contributed by atoms with Gasteiger partial charge >= 0.3 is 0 Å². The van der Waals surface area contributed by atoms with Crippen LogP contribution in [0.25, 0.3) is 0 Å². The predicted molar refractivity (Wildman–Crippen MR) is 38.0 cm³/mol. The molecule has 0 aliphatic carbocycles. The maximum absolute atomic E-state index is 5.04. The summed E-state index contributed by atoms with van der Waals surface area (Å²) in [6.45, 7) is 12.9. The monoisotopic (exact) mass is 116 g/mol. The fraction of sp³-hybridized carbons (Fsp3) is 0.714. The molecule has 0 N–H and O–H groups in total. The molecule has 0 aromatic carbocycles. The smallest absolute Gasteiger partial charge is 0.0518 e. The molecule has 0 fully saturated rings. The van der Waals surface area contributed by atoms with Crippen LogP contribution in [0.2, 0.25) is 0 Å². The van der Waals surface area contributed by atoms with Crippen molar-refractivity contribution in [2.45, 2.75) is 26.9 Å². The van der Waals surface area contributed by atoms with Crippen molar-refractivity contribution < 1.29 is 4.74 Å². The fourth-order valence-electron chi connectivity index (χ4n) is 0.333. The van der Waals surface area contributed by atoms with Gasteiger partial charge in [0.1, 0.15) is 0 Å². The SMILES string of the molecule is C=C.CCOC(C)C. The molecule has 0 saturated carbocycles. The Hall–Kier alpha value is -0.300. The summed E-state index contributed by atoms with van der Waals surface area (Å²) in [4.78, 5) is 0. The van der Waals surface area contributed by atoms with Crippen LogP contribution in [-0.4, -0.2) is 12.7 Å². The summed E-state index contributed by atoms with van der Waals surface area (Å²) in [5, 5.41) is 0. The lowest BCUT2D eigenvalue weighted by molar-refractivity contribution is 0.0899. The Bertz CT molecular complexity index is 33.4. The summed E-state index contributed by atoms with van der Waals surface area (Å²) in [5.41, 5.74) is 0. The zero-order valence-electron chi connectivity index (χ0n) is 6.11. The zero-order valence-corrected chi connectivity index (χ0v) is 6.11. The Labute approximate surface area is 52.4 Å². The van der Waals surface area contributed by atoms with Crippen LogP contribution in [0.3, 0.4) is 0 Å². The van der Waals surface area contributed by atoms with E-state index < -0.39 is 0 Å². The first kappa shape index (κ1) is 10.6. The molecule has 0 spiro atoms. The lowest BCUT2D eigenvalue weighted by Gasteiger charge is -2.00. The minimum Gasteiger partial charge on any atom is -0.379 e. The van der Waals surface area contributed by atoms with E-state index in [1.807, 2.05) is 20.8 Å². The predicted octanol–water partition coefficient (Wildman–Crippen LogP) is 2.23. The molecule has 0 saturated heterocycles. The molecule has 50 valence electrons. The Morgan fingerprint density at radius 3 is 1.75 bits per heavy atom. The molecule has 0 radical (unpaired) electrons. The molecule has 0 heterocycles. The lowest BCUT2D eigenvalue weighted by Crippen LogP contribution is -1.99. The largest absolute Gasteiger partial charge is 0.379 e. The first-order valence-corrected chi connectivity index (χ1v) is 2.89. The number of rotatable bonds is 2. The van der Waals surface area contributed by atoms with Gasteiger partial charge in [0.15, 0.2) is 0 Å². The van der Waals surface area contributed by atoms with E-state index in [9.17, 15) is 0 Å². The number of ether oxygens (including phenoxy) is 1. The van der Waals surface area contributed by atoms with Crippen LogP contribution in [-0.2, 0) is 4.74 Å². The van der Waals surface area contributed by atoms with Crippen molar-refractivity contribution in [3.05, 3.63) is 13.2 Å².